The molecule has 5 N–H and O–H groups in total. The van der Waals surface area contributed by atoms with Crippen molar-refractivity contribution in [2.75, 3.05) is 23.9 Å². The summed E-state index contributed by atoms with van der Waals surface area (Å²) in [6.45, 7) is 1.09. The number of fused-ring (bicyclic) bond motifs is 1. The van der Waals surface area contributed by atoms with Gasteiger partial charge in [-0.15, -0.1) is 34.9 Å². The normalized spacial score (nSPS) is 19.5. The Labute approximate surface area is 239 Å². The van der Waals surface area contributed by atoms with Crippen LogP contribution < -0.4 is 26.5 Å². The zero-order valence-corrected chi connectivity index (χ0v) is 23.4. The molecule has 40 heavy (non-hydrogen) atoms. The number of β-lactam (4-membered cyclic amide) rings is 1. The number of carboxylic acid groups (broad SMARTS) is 1. The zero-order chi connectivity index (χ0) is 29.0. The highest BCUT2D eigenvalue weighted by atomic mass is 32.2. The van der Waals surface area contributed by atoms with Crippen molar-refractivity contribution in [1.82, 2.24) is 15.2 Å². The Bertz CT molecular complexity index is 1380. The first kappa shape index (κ1) is 29.3. The van der Waals surface area contributed by atoms with E-state index in [0.717, 1.165) is 21.1 Å². The number of nitrogen functional groups attached to an aromatic ring is 1. The first-order chi connectivity index (χ1) is 19.1. The lowest BCUT2D eigenvalue weighted by molar-refractivity contribution is -0.697. The molecule has 212 valence electrons. The van der Waals surface area contributed by atoms with E-state index in [0.29, 0.717) is 5.57 Å². The second-order valence-corrected chi connectivity index (χ2v) is 11.6. The van der Waals surface area contributed by atoms with E-state index in [-0.39, 0.29) is 40.3 Å². The quantitative estimate of drug-likeness (QED) is 0.0862. The third-order valence-electron chi connectivity index (χ3n) is 5.83. The van der Waals surface area contributed by atoms with Gasteiger partial charge in [-0.1, -0.05) is 5.16 Å². The summed E-state index contributed by atoms with van der Waals surface area (Å²) in [6, 6.07) is 2.53. The summed E-state index contributed by atoms with van der Waals surface area (Å²) in [7, 11) is 0. The second-order valence-electron chi connectivity index (χ2n) is 8.51. The van der Waals surface area contributed by atoms with E-state index in [4.69, 9.17) is 16.3 Å². The molecule has 0 spiro atoms. The fourth-order valence-electron chi connectivity index (χ4n) is 3.73. The number of halogens is 1. The van der Waals surface area contributed by atoms with Crippen LogP contribution in [0.2, 0.25) is 0 Å². The van der Waals surface area contributed by atoms with Gasteiger partial charge in [0.1, 0.15) is 23.8 Å². The number of pyridine rings is 1. The molecule has 1 saturated heterocycles. The molecule has 2 aromatic heterocycles. The third-order valence-corrected chi connectivity index (χ3v) is 8.94. The summed E-state index contributed by atoms with van der Waals surface area (Å²) >= 11 is 3.70. The summed E-state index contributed by atoms with van der Waals surface area (Å²) in [5.74, 6) is -3.21. The number of carbonyl (C=O) groups excluding carboxylic acids is 4. The molecule has 0 bridgehead atoms. The average molecular weight is 610 g/mol. The van der Waals surface area contributed by atoms with Crippen molar-refractivity contribution < 1.29 is 38.1 Å². The van der Waals surface area contributed by atoms with E-state index in [1.54, 1.807) is 29.1 Å². The number of aliphatic carboxylic acids is 1. The smallest absolute Gasteiger partial charge is 0.276 e. The lowest BCUT2D eigenvalue weighted by Gasteiger charge is -2.50. The molecule has 4 rings (SSSR count). The zero-order valence-electron chi connectivity index (χ0n) is 20.9. The van der Waals surface area contributed by atoms with Crippen molar-refractivity contribution in [3.05, 3.63) is 46.9 Å². The van der Waals surface area contributed by atoms with Crippen molar-refractivity contribution in [2.24, 2.45) is 10.9 Å². The Morgan fingerprint density at radius 3 is 2.73 bits per heavy atom. The molecule has 2 aliphatic rings. The predicted molar refractivity (Wildman–Crippen MR) is 143 cm³/mol. The molecule has 0 radical (unpaired) electrons. The lowest BCUT2D eigenvalue weighted by atomic mass is 10.0. The van der Waals surface area contributed by atoms with Gasteiger partial charge in [0.2, 0.25) is 6.10 Å². The number of alkyl halides is 1. The number of oxime groups is 1. The molecule has 3 amide bonds. The maximum atomic E-state index is 13.1. The van der Waals surface area contributed by atoms with Crippen LogP contribution in [-0.4, -0.2) is 75.0 Å². The number of thioether (sulfide) groups is 2. The molecule has 2 aromatic rings. The van der Waals surface area contributed by atoms with E-state index in [9.17, 15) is 28.7 Å². The molecule has 1 fully saturated rings. The van der Waals surface area contributed by atoms with Crippen LogP contribution in [0.1, 0.15) is 12.6 Å². The molecular weight excluding hydrogens is 585 g/mol. The van der Waals surface area contributed by atoms with Crippen molar-refractivity contribution in [3.63, 3.8) is 0 Å². The lowest BCUT2D eigenvalue weighted by Crippen LogP contribution is -2.71. The number of carboxylic acids is 1. The highest BCUT2D eigenvalue weighted by Crippen LogP contribution is 2.41. The molecular formula is C23H24FN7O6S3. The molecule has 0 saturated carbocycles. The number of nitrogens with zero attached hydrogens (tertiary/aromatic N) is 4. The number of anilines is 1. The topological polar surface area (TPSA) is 197 Å². The third kappa shape index (κ3) is 6.37. The largest absolute Gasteiger partial charge is 0.543 e. The van der Waals surface area contributed by atoms with Gasteiger partial charge in [0.15, 0.2) is 29.8 Å². The Kier molecular flexibility index (Phi) is 9.26. The van der Waals surface area contributed by atoms with E-state index in [1.807, 2.05) is 0 Å². The van der Waals surface area contributed by atoms with Crippen molar-refractivity contribution in [1.29, 1.82) is 0 Å². The number of aryl methyl sites for hydroxylation is 1. The highest BCUT2D eigenvalue weighted by Gasteiger charge is 2.53. The first-order valence-corrected chi connectivity index (χ1v) is 14.6. The van der Waals surface area contributed by atoms with Crippen LogP contribution in [0, 0.1) is 0 Å². The maximum Gasteiger partial charge on any atom is 0.276 e. The molecule has 4 heterocycles. The highest BCUT2D eigenvalue weighted by molar-refractivity contribution is 8.01. The second kappa shape index (κ2) is 12.6. The van der Waals surface area contributed by atoms with Gasteiger partial charge in [0.25, 0.3) is 17.7 Å². The van der Waals surface area contributed by atoms with Crippen LogP contribution in [0.25, 0.3) is 0 Å². The van der Waals surface area contributed by atoms with E-state index < -0.39 is 47.9 Å². The van der Waals surface area contributed by atoms with Crippen LogP contribution in [-0.2, 0) is 30.6 Å². The fourth-order valence-corrected chi connectivity index (χ4v) is 6.65. The molecule has 0 aromatic carbocycles. The van der Waals surface area contributed by atoms with Crippen LogP contribution in [0.4, 0.5) is 9.52 Å². The fraction of sp³-hybridized carbons (Fsp3) is 0.348. The van der Waals surface area contributed by atoms with Crippen molar-refractivity contribution >= 4 is 69.4 Å². The number of aromatic nitrogens is 2. The number of nitrogens with two attached hydrogens (primary N) is 2. The number of hydrogen-bond acceptors (Lipinski definition) is 12. The summed E-state index contributed by atoms with van der Waals surface area (Å²) < 4.78 is 14.2. The van der Waals surface area contributed by atoms with Gasteiger partial charge in [-0.25, -0.2) is 13.9 Å². The number of amides is 3. The predicted octanol–water partition coefficient (Wildman–Crippen LogP) is -1.23. The Morgan fingerprint density at radius 2 is 2.12 bits per heavy atom. The van der Waals surface area contributed by atoms with Gasteiger partial charge in [0, 0.05) is 33.9 Å². The number of rotatable bonds is 12. The molecule has 3 atom stereocenters. The summed E-state index contributed by atoms with van der Waals surface area (Å²) in [6.07, 6.45) is 2.31. The standard InChI is InChI=1S/C23H24FN7O6S3/c1-11(18(25)32)37-29-15(14-10-40-23(26)27-14)19(33)28-16-20(34)31-17(22(35)36)12(9-39-21(16)31)8-38-13-2-5-30(6-3-13)7-4-24/h2-3,5-6,10-11,16,21H,4,7-9H2,1H3,(H5-,25,26,27,28,32,33,35,36)/b29-15-/t11?,16-,21-/m1/s1. The minimum atomic E-state index is -1.50. The van der Waals surface area contributed by atoms with Crippen molar-refractivity contribution in [2.45, 2.75) is 35.9 Å². The molecule has 13 nitrogen and oxygen atoms in total. The van der Waals surface area contributed by atoms with Gasteiger partial charge in [0.05, 0.1) is 11.7 Å². The van der Waals surface area contributed by atoms with Crippen molar-refractivity contribution in [3.8, 4) is 0 Å². The van der Waals surface area contributed by atoms with Gasteiger partial charge in [-0.2, -0.15) is 0 Å². The molecule has 1 unspecified atom stereocenters. The van der Waals surface area contributed by atoms with Crippen LogP contribution in [0.3, 0.4) is 0 Å². The maximum absolute atomic E-state index is 13.1. The monoisotopic (exact) mass is 609 g/mol. The van der Waals surface area contributed by atoms with E-state index in [2.05, 4.69) is 15.5 Å². The minimum Gasteiger partial charge on any atom is -0.543 e. The molecule has 0 aliphatic carbocycles. The average Bonchev–Trinajstić information content (AvgIpc) is 3.36. The summed E-state index contributed by atoms with van der Waals surface area (Å²) in [5.41, 5.74) is 10.8. The van der Waals surface area contributed by atoms with Gasteiger partial charge < -0.3 is 31.5 Å². The van der Waals surface area contributed by atoms with Crippen LogP contribution >= 0.6 is 34.9 Å². The number of nitrogens with one attached hydrogen (secondary N) is 1. The van der Waals surface area contributed by atoms with Crippen LogP contribution in [0.5, 0.6) is 0 Å². The SMILES string of the molecule is CC(O/N=C(\C(=O)N[C@@H]1C(=O)N2C(C(=O)[O-])=C(CSc3cc[n+](CCF)cc3)CS[C@H]12)c1csc(N)n1)C(N)=O. The molecule has 17 heteroatoms. The van der Waals surface area contributed by atoms with Gasteiger partial charge >= 0.3 is 0 Å². The first-order valence-electron chi connectivity index (χ1n) is 11.7. The number of hydrogen-bond donors (Lipinski definition) is 3. The van der Waals surface area contributed by atoms with E-state index >= 15 is 0 Å². The van der Waals surface area contributed by atoms with Gasteiger partial charge in [-0.3, -0.25) is 19.3 Å². The van der Waals surface area contributed by atoms with Gasteiger partial charge in [-0.05, 0) is 12.5 Å². The summed E-state index contributed by atoms with van der Waals surface area (Å²) in [4.78, 5) is 60.5. The number of carbonyl (C=O) groups is 4. The number of thiazole rings is 1. The van der Waals surface area contributed by atoms with E-state index in [1.165, 1.54) is 35.8 Å². The summed E-state index contributed by atoms with van der Waals surface area (Å²) in [5, 5.41) is 19.2. The minimum absolute atomic E-state index is 0.0577. The Morgan fingerprint density at radius 1 is 1.40 bits per heavy atom. The molecule has 2 aliphatic heterocycles. The Hall–Kier alpha value is -3.70. The number of primary amides is 1. The Balaban J connectivity index is 1.47. The van der Waals surface area contributed by atoms with Crippen LogP contribution in [0.15, 0.2) is 51.2 Å².